The second kappa shape index (κ2) is 13.8. The van der Waals surface area contributed by atoms with Crippen LogP contribution in [0.1, 0.15) is 63.5 Å². The number of alkyl carbamates (subject to hydrolysis) is 1. The molecule has 1 aromatic rings. The Labute approximate surface area is 177 Å². The summed E-state index contributed by atoms with van der Waals surface area (Å²) < 4.78 is 21.9. The molecule has 168 valence electrons. The monoisotopic (exact) mass is 423 g/mol. The van der Waals surface area contributed by atoms with Gasteiger partial charge in [0.2, 0.25) is 0 Å². The molecule has 1 fully saturated rings. The normalized spacial score (nSPS) is 17.2. The van der Waals surface area contributed by atoms with Crippen molar-refractivity contribution in [3.05, 3.63) is 29.8 Å². The van der Waals surface area contributed by atoms with Crippen LogP contribution >= 0.6 is 0 Å². The zero-order valence-corrected chi connectivity index (χ0v) is 17.6. The second-order valence-electron chi connectivity index (χ2n) is 7.20. The molecule has 1 aliphatic rings. The smallest absolute Gasteiger partial charge is 0.408 e. The quantitative estimate of drug-likeness (QED) is 0.462. The fourth-order valence-electron chi connectivity index (χ4n) is 2.96. The number of hydrogen-bond acceptors (Lipinski definition) is 6. The third-order valence-electron chi connectivity index (χ3n) is 4.70. The number of amides is 1. The van der Waals surface area contributed by atoms with Gasteiger partial charge in [-0.05, 0) is 56.2 Å². The highest BCUT2D eigenvalue weighted by Crippen LogP contribution is 2.19. The summed E-state index contributed by atoms with van der Waals surface area (Å²) in [4.78, 5) is 23.3. The van der Waals surface area contributed by atoms with Crippen LogP contribution < -0.4 is 10.1 Å². The molecule has 2 atom stereocenters. The van der Waals surface area contributed by atoms with E-state index in [1.807, 2.05) is 6.92 Å². The first-order valence-corrected chi connectivity index (χ1v) is 10.7. The summed E-state index contributed by atoms with van der Waals surface area (Å²) >= 11 is 0. The molecule has 0 aromatic heterocycles. The van der Waals surface area contributed by atoms with Crippen LogP contribution in [0.4, 0.5) is 4.79 Å². The van der Waals surface area contributed by atoms with Gasteiger partial charge in [0.05, 0.1) is 13.2 Å². The molecule has 1 heterocycles. The second-order valence-corrected chi connectivity index (χ2v) is 7.20. The van der Waals surface area contributed by atoms with Crippen LogP contribution in [0.2, 0.25) is 0 Å². The van der Waals surface area contributed by atoms with Crippen LogP contribution in [0.25, 0.3) is 0 Å². The number of rotatable bonds is 13. The average Bonchev–Trinajstić information content (AvgIpc) is 2.76. The first-order valence-electron chi connectivity index (χ1n) is 10.7. The van der Waals surface area contributed by atoms with Gasteiger partial charge < -0.3 is 29.4 Å². The zero-order valence-electron chi connectivity index (χ0n) is 17.6. The molecule has 8 nitrogen and oxygen atoms in total. The van der Waals surface area contributed by atoms with Gasteiger partial charge in [0.15, 0.2) is 12.3 Å². The third kappa shape index (κ3) is 9.00. The minimum Gasteiger partial charge on any atom is -0.494 e. The predicted octanol–water partition coefficient (Wildman–Crippen LogP) is 4.04. The van der Waals surface area contributed by atoms with Crippen LogP contribution in [-0.2, 0) is 19.0 Å². The average molecular weight is 424 g/mol. The molecule has 8 heteroatoms. The fourth-order valence-corrected chi connectivity index (χ4v) is 2.96. The maximum atomic E-state index is 11.8. The maximum Gasteiger partial charge on any atom is 0.408 e. The van der Waals surface area contributed by atoms with Gasteiger partial charge in [-0.15, -0.1) is 0 Å². The lowest BCUT2D eigenvalue weighted by atomic mass is 10.1. The lowest BCUT2D eigenvalue weighted by Gasteiger charge is -2.22. The Morgan fingerprint density at radius 2 is 1.90 bits per heavy atom. The number of carbonyl (C=O) groups is 2. The highest BCUT2D eigenvalue weighted by Gasteiger charge is 2.22. The number of aliphatic carboxylic acids is 1. The molecule has 1 aliphatic heterocycles. The Hall–Kier alpha value is -2.32. The van der Waals surface area contributed by atoms with E-state index in [1.54, 1.807) is 24.3 Å². The Kier molecular flexibility index (Phi) is 11.0. The van der Waals surface area contributed by atoms with Gasteiger partial charge >= 0.3 is 12.1 Å². The molecular weight excluding hydrogens is 390 g/mol. The number of carbonyl (C=O) groups excluding carboxylic acids is 1. The standard InChI is InChI=1S/C22H33NO7/c1-2-3-13-30-22(26)23-20(21(24)25)17-9-11-18(12-10-17)27-14-6-7-16-29-19-8-4-5-15-28-19/h9-12,19-20H,2-8,13-16H2,1H3,(H,23,26)(H,24,25). The maximum absolute atomic E-state index is 11.8. The van der Waals surface area contributed by atoms with Crippen LogP contribution in [0.5, 0.6) is 5.75 Å². The van der Waals surface area contributed by atoms with E-state index in [-0.39, 0.29) is 12.9 Å². The van der Waals surface area contributed by atoms with Gasteiger partial charge in [0, 0.05) is 13.2 Å². The number of nitrogens with one attached hydrogen (secondary N) is 1. The van der Waals surface area contributed by atoms with Crippen LogP contribution in [-0.4, -0.2) is 49.9 Å². The van der Waals surface area contributed by atoms with Crippen molar-refractivity contribution < 1.29 is 33.6 Å². The number of ether oxygens (including phenoxy) is 4. The first kappa shape index (κ1) is 24.0. The molecule has 1 saturated heterocycles. The van der Waals surface area contributed by atoms with Crippen molar-refractivity contribution in [2.45, 2.75) is 64.2 Å². The molecule has 0 bridgehead atoms. The van der Waals surface area contributed by atoms with Gasteiger partial charge in [-0.3, -0.25) is 0 Å². The summed E-state index contributed by atoms with van der Waals surface area (Å²) in [6.07, 6.45) is 5.77. The lowest BCUT2D eigenvalue weighted by Crippen LogP contribution is -2.34. The molecule has 0 spiro atoms. The highest BCUT2D eigenvalue weighted by atomic mass is 16.7. The van der Waals surface area contributed by atoms with Gasteiger partial charge in [-0.2, -0.15) is 0 Å². The number of unbranched alkanes of at least 4 members (excludes halogenated alkanes) is 2. The minimum absolute atomic E-state index is 0.0630. The number of carboxylic acids is 1. The van der Waals surface area contributed by atoms with Crippen molar-refractivity contribution in [1.82, 2.24) is 5.32 Å². The molecular formula is C22H33NO7. The summed E-state index contributed by atoms with van der Waals surface area (Å²) in [6.45, 7) is 4.21. The third-order valence-corrected chi connectivity index (χ3v) is 4.70. The van der Waals surface area contributed by atoms with Crippen molar-refractivity contribution in [1.29, 1.82) is 0 Å². The van der Waals surface area contributed by atoms with Gasteiger partial charge in [-0.25, -0.2) is 9.59 Å². The fraction of sp³-hybridized carbons (Fsp3) is 0.636. The molecule has 0 aliphatic carbocycles. The number of benzene rings is 1. The van der Waals surface area contributed by atoms with Crippen molar-refractivity contribution in [2.75, 3.05) is 26.4 Å². The van der Waals surface area contributed by atoms with E-state index in [4.69, 9.17) is 18.9 Å². The van der Waals surface area contributed by atoms with Crippen LogP contribution in [0, 0.1) is 0 Å². The highest BCUT2D eigenvalue weighted by molar-refractivity contribution is 5.81. The summed E-state index contributed by atoms with van der Waals surface area (Å²) in [5.74, 6) is -0.511. The predicted molar refractivity (Wildman–Crippen MR) is 110 cm³/mol. The van der Waals surface area contributed by atoms with Crippen LogP contribution in [0.3, 0.4) is 0 Å². The molecule has 30 heavy (non-hydrogen) atoms. The molecule has 2 unspecified atom stereocenters. The largest absolute Gasteiger partial charge is 0.494 e. The van der Waals surface area contributed by atoms with Crippen molar-refractivity contribution in [3.8, 4) is 5.75 Å². The van der Waals surface area contributed by atoms with Gasteiger partial charge in [-0.1, -0.05) is 25.5 Å². The first-order chi connectivity index (χ1) is 14.6. The Balaban J connectivity index is 1.68. The Bertz CT molecular complexity index is 629. The molecule has 1 amide bonds. The van der Waals surface area contributed by atoms with Gasteiger partial charge in [0.1, 0.15) is 5.75 Å². The molecule has 2 rings (SSSR count). The lowest BCUT2D eigenvalue weighted by molar-refractivity contribution is -0.162. The number of hydrogen-bond donors (Lipinski definition) is 2. The molecule has 0 radical (unpaired) electrons. The SMILES string of the molecule is CCCCOC(=O)NC(C(=O)O)c1ccc(OCCCCOC2CCCCO2)cc1. The van der Waals surface area contributed by atoms with E-state index in [2.05, 4.69) is 5.32 Å². The van der Waals surface area contributed by atoms with Crippen molar-refractivity contribution >= 4 is 12.1 Å². The van der Waals surface area contributed by atoms with E-state index in [0.717, 1.165) is 51.6 Å². The van der Waals surface area contributed by atoms with Crippen LogP contribution in [0.15, 0.2) is 24.3 Å². The summed E-state index contributed by atoms with van der Waals surface area (Å²) in [5.41, 5.74) is 0.447. The topological polar surface area (TPSA) is 103 Å². The van der Waals surface area contributed by atoms with E-state index >= 15 is 0 Å². The minimum atomic E-state index is -1.17. The zero-order chi connectivity index (χ0) is 21.6. The Morgan fingerprint density at radius 1 is 1.13 bits per heavy atom. The van der Waals surface area contributed by atoms with E-state index < -0.39 is 18.1 Å². The summed E-state index contributed by atoms with van der Waals surface area (Å²) in [7, 11) is 0. The molecule has 0 saturated carbocycles. The van der Waals surface area contributed by atoms with Crippen molar-refractivity contribution in [3.63, 3.8) is 0 Å². The molecule has 2 N–H and O–H groups in total. The summed E-state index contributed by atoms with van der Waals surface area (Å²) in [6, 6.07) is 5.48. The van der Waals surface area contributed by atoms with E-state index in [9.17, 15) is 14.7 Å². The summed E-state index contributed by atoms with van der Waals surface area (Å²) in [5, 5.41) is 11.8. The molecule has 1 aromatic carbocycles. The van der Waals surface area contributed by atoms with E-state index in [0.29, 0.717) is 24.5 Å². The van der Waals surface area contributed by atoms with Crippen molar-refractivity contribution in [2.24, 2.45) is 0 Å². The van der Waals surface area contributed by atoms with E-state index in [1.165, 1.54) is 0 Å². The Morgan fingerprint density at radius 3 is 2.57 bits per heavy atom. The van der Waals surface area contributed by atoms with Gasteiger partial charge in [0.25, 0.3) is 0 Å². The number of carboxylic acid groups (broad SMARTS) is 1.